The van der Waals surface area contributed by atoms with Gasteiger partial charge in [0.2, 0.25) is 11.8 Å². The Morgan fingerprint density at radius 2 is 2.16 bits per heavy atom. The highest BCUT2D eigenvalue weighted by atomic mass is 16.5. The van der Waals surface area contributed by atoms with Crippen molar-refractivity contribution in [3.8, 4) is 5.75 Å². The second-order valence-corrected chi connectivity index (χ2v) is 4.47. The smallest absolute Gasteiger partial charge is 0.220 e. The minimum atomic E-state index is -0.374. The molecule has 0 radical (unpaired) electrons. The molecule has 2 amide bonds. The Balaban J connectivity index is 2.35. The number of hydrogen-bond donors (Lipinski definition) is 2. The van der Waals surface area contributed by atoms with Crippen LogP contribution in [0, 0.1) is 5.92 Å². The monoisotopic (exact) mass is 264 g/mol. The molecule has 1 aromatic rings. The maximum atomic E-state index is 11.6. The normalized spacial score (nSPS) is 11.7. The zero-order valence-corrected chi connectivity index (χ0v) is 11.3. The van der Waals surface area contributed by atoms with E-state index in [1.807, 2.05) is 24.3 Å². The molecule has 0 aliphatic carbocycles. The summed E-state index contributed by atoms with van der Waals surface area (Å²) < 4.78 is 5.10. The van der Waals surface area contributed by atoms with Crippen molar-refractivity contribution in [3.63, 3.8) is 0 Å². The lowest BCUT2D eigenvalue weighted by molar-refractivity contribution is -0.123. The summed E-state index contributed by atoms with van der Waals surface area (Å²) in [7, 11) is 1.60. The molecule has 0 aliphatic heterocycles. The van der Waals surface area contributed by atoms with Crippen molar-refractivity contribution in [2.75, 3.05) is 7.11 Å². The van der Waals surface area contributed by atoms with E-state index in [-0.39, 0.29) is 17.7 Å². The summed E-state index contributed by atoms with van der Waals surface area (Å²) in [6.45, 7) is 2.17. The van der Waals surface area contributed by atoms with Gasteiger partial charge < -0.3 is 15.8 Å². The SMILES string of the molecule is COc1cccc(CNC(=O)CC[C@H](C)C(N)=O)c1. The number of methoxy groups -OCH3 is 1. The van der Waals surface area contributed by atoms with Gasteiger partial charge >= 0.3 is 0 Å². The van der Waals surface area contributed by atoms with Crippen molar-refractivity contribution >= 4 is 11.8 Å². The number of carbonyl (C=O) groups excluding carboxylic acids is 2. The first-order chi connectivity index (χ1) is 9.02. The summed E-state index contributed by atoms with van der Waals surface area (Å²) in [5.74, 6) is 0.0215. The number of primary amides is 1. The molecular formula is C14H20N2O3. The molecule has 19 heavy (non-hydrogen) atoms. The molecule has 0 aromatic heterocycles. The first kappa shape index (κ1) is 15.0. The minimum Gasteiger partial charge on any atom is -0.497 e. The number of carbonyl (C=O) groups is 2. The summed E-state index contributed by atoms with van der Waals surface area (Å²) in [6, 6.07) is 7.50. The summed E-state index contributed by atoms with van der Waals surface area (Å²) in [6.07, 6.45) is 0.771. The molecule has 3 N–H and O–H groups in total. The molecular weight excluding hydrogens is 244 g/mol. The van der Waals surface area contributed by atoms with Gasteiger partial charge in [0.25, 0.3) is 0 Å². The van der Waals surface area contributed by atoms with E-state index in [9.17, 15) is 9.59 Å². The van der Waals surface area contributed by atoms with Crippen molar-refractivity contribution in [1.82, 2.24) is 5.32 Å². The third-order valence-corrected chi connectivity index (χ3v) is 2.91. The summed E-state index contributed by atoms with van der Waals surface area (Å²) in [5.41, 5.74) is 6.10. The van der Waals surface area contributed by atoms with E-state index in [0.29, 0.717) is 19.4 Å². The average Bonchev–Trinajstić information content (AvgIpc) is 2.42. The van der Waals surface area contributed by atoms with Gasteiger partial charge in [0.1, 0.15) is 5.75 Å². The van der Waals surface area contributed by atoms with Crippen LogP contribution in [0.5, 0.6) is 5.75 Å². The zero-order chi connectivity index (χ0) is 14.3. The van der Waals surface area contributed by atoms with Crippen molar-refractivity contribution < 1.29 is 14.3 Å². The van der Waals surface area contributed by atoms with E-state index in [4.69, 9.17) is 10.5 Å². The number of amides is 2. The second kappa shape index (κ2) is 7.41. The van der Waals surface area contributed by atoms with Crippen molar-refractivity contribution in [2.45, 2.75) is 26.3 Å². The number of rotatable bonds is 7. The Bertz CT molecular complexity index is 446. The number of ether oxygens (including phenoxy) is 1. The van der Waals surface area contributed by atoms with Crippen LogP contribution >= 0.6 is 0 Å². The van der Waals surface area contributed by atoms with E-state index in [2.05, 4.69) is 5.32 Å². The predicted octanol–water partition coefficient (Wildman–Crippen LogP) is 1.21. The van der Waals surface area contributed by atoms with Gasteiger partial charge in [-0.25, -0.2) is 0 Å². The predicted molar refractivity (Wildman–Crippen MR) is 72.4 cm³/mol. The fourth-order valence-electron chi connectivity index (χ4n) is 1.56. The van der Waals surface area contributed by atoms with Gasteiger partial charge in [-0.15, -0.1) is 0 Å². The molecule has 104 valence electrons. The molecule has 0 bridgehead atoms. The van der Waals surface area contributed by atoms with Crippen LogP contribution in [0.25, 0.3) is 0 Å². The van der Waals surface area contributed by atoms with Gasteiger partial charge in [-0.05, 0) is 24.1 Å². The fourth-order valence-corrected chi connectivity index (χ4v) is 1.56. The van der Waals surface area contributed by atoms with E-state index < -0.39 is 0 Å². The lowest BCUT2D eigenvalue weighted by Gasteiger charge is -2.08. The lowest BCUT2D eigenvalue weighted by Crippen LogP contribution is -2.26. The Morgan fingerprint density at radius 3 is 2.79 bits per heavy atom. The fraction of sp³-hybridized carbons (Fsp3) is 0.429. The molecule has 0 unspecified atom stereocenters. The molecule has 0 heterocycles. The third kappa shape index (κ3) is 5.42. The molecule has 1 aromatic carbocycles. The Kier molecular flexibility index (Phi) is 5.85. The zero-order valence-electron chi connectivity index (χ0n) is 11.3. The first-order valence-corrected chi connectivity index (χ1v) is 6.22. The van der Waals surface area contributed by atoms with E-state index in [0.717, 1.165) is 11.3 Å². The van der Waals surface area contributed by atoms with Crippen LogP contribution < -0.4 is 15.8 Å². The topological polar surface area (TPSA) is 81.4 Å². The van der Waals surface area contributed by atoms with E-state index >= 15 is 0 Å². The molecule has 0 spiro atoms. The highest BCUT2D eigenvalue weighted by molar-refractivity contribution is 5.79. The molecule has 0 fully saturated rings. The molecule has 0 saturated heterocycles. The molecule has 1 rings (SSSR count). The van der Waals surface area contributed by atoms with Crippen molar-refractivity contribution in [2.24, 2.45) is 11.7 Å². The summed E-state index contributed by atoms with van der Waals surface area (Å²) in [4.78, 5) is 22.4. The number of nitrogens with one attached hydrogen (secondary N) is 1. The van der Waals surface area contributed by atoms with Crippen LogP contribution in [0.3, 0.4) is 0 Å². The quantitative estimate of drug-likeness (QED) is 0.776. The van der Waals surface area contributed by atoms with Crippen LogP contribution in [0.2, 0.25) is 0 Å². The number of benzene rings is 1. The molecule has 0 saturated carbocycles. The Morgan fingerprint density at radius 1 is 1.42 bits per heavy atom. The van der Waals surface area contributed by atoms with Gasteiger partial charge in [-0.1, -0.05) is 19.1 Å². The van der Waals surface area contributed by atoms with Crippen LogP contribution in [0.4, 0.5) is 0 Å². The van der Waals surface area contributed by atoms with Gasteiger partial charge in [0.05, 0.1) is 7.11 Å². The molecule has 1 atom stereocenters. The maximum absolute atomic E-state index is 11.6. The average molecular weight is 264 g/mol. The largest absolute Gasteiger partial charge is 0.497 e. The second-order valence-electron chi connectivity index (χ2n) is 4.47. The third-order valence-electron chi connectivity index (χ3n) is 2.91. The lowest BCUT2D eigenvalue weighted by atomic mass is 10.1. The highest BCUT2D eigenvalue weighted by Crippen LogP contribution is 2.12. The van der Waals surface area contributed by atoms with E-state index in [1.54, 1.807) is 14.0 Å². The van der Waals surface area contributed by atoms with Gasteiger partial charge in [0.15, 0.2) is 0 Å². The van der Waals surface area contributed by atoms with Gasteiger partial charge in [0, 0.05) is 18.9 Å². The summed E-state index contributed by atoms with van der Waals surface area (Å²) >= 11 is 0. The Labute approximate surface area is 113 Å². The minimum absolute atomic E-state index is 0.0871. The van der Waals surface area contributed by atoms with Crippen LogP contribution in [0.15, 0.2) is 24.3 Å². The van der Waals surface area contributed by atoms with Crippen molar-refractivity contribution in [3.05, 3.63) is 29.8 Å². The standard InChI is InChI=1S/C14H20N2O3/c1-10(14(15)18)6-7-13(17)16-9-11-4-3-5-12(8-11)19-2/h3-5,8,10H,6-7,9H2,1-2H3,(H2,15,18)(H,16,17)/t10-/m0/s1. The molecule has 0 aliphatic rings. The van der Waals surface area contributed by atoms with Crippen LogP contribution in [0.1, 0.15) is 25.3 Å². The number of hydrogen-bond acceptors (Lipinski definition) is 3. The molecule has 5 nitrogen and oxygen atoms in total. The van der Waals surface area contributed by atoms with Crippen LogP contribution in [-0.4, -0.2) is 18.9 Å². The van der Waals surface area contributed by atoms with Gasteiger partial charge in [-0.2, -0.15) is 0 Å². The van der Waals surface area contributed by atoms with E-state index in [1.165, 1.54) is 0 Å². The van der Waals surface area contributed by atoms with Gasteiger partial charge in [-0.3, -0.25) is 9.59 Å². The maximum Gasteiger partial charge on any atom is 0.220 e. The molecule has 5 heteroatoms. The van der Waals surface area contributed by atoms with Crippen LogP contribution in [-0.2, 0) is 16.1 Å². The van der Waals surface area contributed by atoms with Crippen molar-refractivity contribution in [1.29, 1.82) is 0 Å². The highest BCUT2D eigenvalue weighted by Gasteiger charge is 2.11. The first-order valence-electron chi connectivity index (χ1n) is 6.22. The number of nitrogens with two attached hydrogens (primary N) is 1. The Hall–Kier alpha value is -2.04. The summed E-state index contributed by atoms with van der Waals surface area (Å²) in [5, 5.41) is 2.80.